The summed E-state index contributed by atoms with van der Waals surface area (Å²) in [6.45, 7) is 55.4. The number of aromatic nitrogens is 9. The predicted molar refractivity (Wildman–Crippen MR) is 430 cm³/mol. The molecular formula is C93H107N9. The molecule has 9 nitrogen and oxygen atoms in total. The van der Waals surface area contributed by atoms with Gasteiger partial charge in [0.1, 0.15) is 22.1 Å². The molecule has 0 unspecified atom stereocenters. The van der Waals surface area contributed by atoms with E-state index in [9.17, 15) is 0 Å². The highest BCUT2D eigenvalue weighted by atomic mass is 15.1. The van der Waals surface area contributed by atoms with Crippen molar-refractivity contribution in [2.24, 2.45) is 5.92 Å². The minimum absolute atomic E-state index is 0.0230. The monoisotopic (exact) mass is 1350 g/mol. The summed E-state index contributed by atoms with van der Waals surface area (Å²) >= 11 is 0. The molecule has 0 amide bonds. The highest BCUT2D eigenvalue weighted by Gasteiger charge is 2.49. The summed E-state index contributed by atoms with van der Waals surface area (Å²) in [7, 11) is 0. The van der Waals surface area contributed by atoms with E-state index < -0.39 is 0 Å². The van der Waals surface area contributed by atoms with Crippen molar-refractivity contribution in [2.75, 3.05) is 0 Å². The van der Waals surface area contributed by atoms with E-state index in [1.54, 1.807) is 0 Å². The zero-order valence-corrected chi connectivity index (χ0v) is 65.5. The van der Waals surface area contributed by atoms with E-state index in [-0.39, 0.29) is 54.1 Å². The molecular weight excluding hydrogens is 1240 g/mol. The van der Waals surface area contributed by atoms with Crippen LogP contribution in [0.3, 0.4) is 0 Å². The van der Waals surface area contributed by atoms with Gasteiger partial charge in [0.05, 0.1) is 28.3 Å². The van der Waals surface area contributed by atoms with Crippen molar-refractivity contribution in [3.63, 3.8) is 0 Å². The minimum Gasteiger partial charge on any atom is -0.256 e. The summed E-state index contributed by atoms with van der Waals surface area (Å²) in [6, 6.07) is 50.2. The molecule has 0 saturated heterocycles. The van der Waals surface area contributed by atoms with Gasteiger partial charge >= 0.3 is 0 Å². The highest BCUT2D eigenvalue weighted by molar-refractivity contribution is 6.14. The number of hydrogen-bond donors (Lipinski definition) is 0. The largest absolute Gasteiger partial charge is 0.256 e. The van der Waals surface area contributed by atoms with Crippen LogP contribution in [0.1, 0.15) is 254 Å². The Balaban J connectivity index is 0.000000115. The van der Waals surface area contributed by atoms with Gasteiger partial charge in [-0.05, 0) is 173 Å². The highest BCUT2D eigenvalue weighted by Crippen LogP contribution is 2.56. The minimum atomic E-state index is 0.0230. The van der Waals surface area contributed by atoms with Gasteiger partial charge in [0.25, 0.3) is 0 Å². The third kappa shape index (κ3) is 11.8. The van der Waals surface area contributed by atoms with Crippen LogP contribution in [-0.4, -0.2) is 45.8 Å². The van der Waals surface area contributed by atoms with Gasteiger partial charge in [0.2, 0.25) is 0 Å². The zero-order chi connectivity index (χ0) is 73.2. The lowest BCUT2D eigenvalue weighted by molar-refractivity contribution is 0.399. The molecule has 8 aromatic carbocycles. The molecule has 13 aromatic rings. The lowest BCUT2D eigenvalue weighted by Gasteiger charge is -2.25. The van der Waals surface area contributed by atoms with Gasteiger partial charge in [-0.3, -0.25) is 4.98 Å². The van der Waals surface area contributed by atoms with Crippen LogP contribution < -0.4 is 0 Å². The fourth-order valence-electron chi connectivity index (χ4n) is 20.1. The molecule has 5 heterocycles. The first-order valence-electron chi connectivity index (χ1n) is 37.5. The van der Waals surface area contributed by atoms with E-state index in [0.717, 1.165) is 76.5 Å². The number of fused-ring (bicyclic) bond motifs is 20. The Morgan fingerprint density at radius 3 is 1.04 bits per heavy atom. The first-order valence-corrected chi connectivity index (χ1v) is 37.5. The summed E-state index contributed by atoms with van der Waals surface area (Å²) in [5.74, 6) is 0.633. The van der Waals surface area contributed by atoms with Crippen molar-refractivity contribution in [1.29, 1.82) is 0 Å². The third-order valence-electron chi connectivity index (χ3n) is 23.2. The molecule has 9 heteroatoms. The summed E-state index contributed by atoms with van der Waals surface area (Å²) in [4.78, 5) is 4.69. The molecule has 0 N–H and O–H groups in total. The van der Waals surface area contributed by atoms with Crippen LogP contribution in [0.2, 0.25) is 0 Å². The van der Waals surface area contributed by atoms with Crippen molar-refractivity contribution in [2.45, 2.75) is 252 Å². The van der Waals surface area contributed by atoms with E-state index in [0.29, 0.717) is 5.92 Å². The second kappa shape index (κ2) is 23.9. The molecule has 4 aliphatic rings. The fourth-order valence-corrected chi connectivity index (χ4v) is 20.1. The fraction of sp³-hybridized carbons (Fsp3) is 0.430. The van der Waals surface area contributed by atoms with E-state index in [4.69, 9.17) is 35.7 Å². The van der Waals surface area contributed by atoms with Crippen molar-refractivity contribution in [1.82, 2.24) is 45.8 Å². The molecule has 0 radical (unpaired) electrons. The summed E-state index contributed by atoms with van der Waals surface area (Å²) in [5.41, 5.74) is 22.9. The maximum Gasteiger partial charge on any atom is 0.103 e. The molecule has 102 heavy (non-hydrogen) atoms. The number of rotatable bonds is 3. The summed E-state index contributed by atoms with van der Waals surface area (Å²) in [6.07, 6.45) is 7.39. The Kier molecular flexibility index (Phi) is 16.5. The Hall–Kier alpha value is -8.69. The van der Waals surface area contributed by atoms with Gasteiger partial charge in [-0.2, -0.15) is 20.4 Å². The van der Waals surface area contributed by atoms with E-state index in [1.807, 2.05) is 12.3 Å². The van der Waals surface area contributed by atoms with Gasteiger partial charge in [0.15, 0.2) is 0 Å². The third-order valence-corrected chi connectivity index (χ3v) is 23.2. The van der Waals surface area contributed by atoms with Gasteiger partial charge in [-0.15, -0.1) is 20.4 Å². The average molecular weight is 1350 g/mol. The second-order valence-electron chi connectivity index (χ2n) is 38.4. The zero-order valence-electron chi connectivity index (χ0n) is 65.5. The average Bonchev–Trinajstić information content (AvgIpc) is 1.53. The molecule has 0 fully saturated rings. The van der Waals surface area contributed by atoms with Gasteiger partial charge < -0.3 is 0 Å². The Labute approximate surface area is 606 Å². The normalized spacial score (nSPS) is 18.2. The SMILES string of the molecule is CC(C)(C)c1cc2c3c(nnc2c2ccccc12)C(C)(C)CC3(C)C.CC(C)(C)c1cc2c3c(nnc2c2cccnc12)C(C)(C)CC3(C)C.CC(C)Cc1cc2c3c(nnc2c2ccccc12)C(C)(C)CC3(C)C.CC1(C)CC(C)(C)c2c1nnc1c2cc(-c2ccccc2)c2ccccc21. The standard InChI is InChI=1S/C25H24N2.2C23H28N2.C22H27N3/c1-24(2)15-25(3,4)23-21(24)20-14-19(16-10-6-5-7-11-16)17-12-8-9-13-18(17)22(20)26-27-23;1-21(2,3)17-12-16-18-20(23(6,7)13-22(18,4)5)25-24-19(16)15-11-9-8-10-14(15)17;1-14(2)11-15-12-18-19-21(23(5,6)13-22(19,3)4)25-24-20(18)17-10-8-7-9-16(15)17;1-20(2,3)15-11-14-16-19(22(6,7)12-21(16,4)5)25-24-17(14)13-9-8-10-23-18(13)15/h5-14H,15H2,1-4H3;8-12H,13H2,1-7H3;7-10,12,14H,11,13H2,1-6H3;8-11H,12H2,1-7H3. The Morgan fingerprint density at radius 2 is 0.627 bits per heavy atom. The van der Waals surface area contributed by atoms with Crippen molar-refractivity contribution >= 4 is 86.8 Å². The molecule has 0 saturated carbocycles. The quantitative estimate of drug-likeness (QED) is 0.159. The number of pyridine rings is 1. The lowest BCUT2D eigenvalue weighted by Crippen LogP contribution is -2.18. The molecule has 0 bridgehead atoms. The van der Waals surface area contributed by atoms with E-state index in [2.05, 4.69) is 310 Å². The molecule has 17 rings (SSSR count). The lowest BCUT2D eigenvalue weighted by atomic mass is 9.79. The van der Waals surface area contributed by atoms with Crippen LogP contribution in [-0.2, 0) is 60.6 Å². The molecule has 5 aromatic heterocycles. The van der Waals surface area contributed by atoms with E-state index in [1.165, 1.54) is 115 Å². The molecule has 0 spiro atoms. The van der Waals surface area contributed by atoms with Crippen LogP contribution in [0.4, 0.5) is 0 Å². The number of benzene rings is 8. The first-order chi connectivity index (χ1) is 47.6. The van der Waals surface area contributed by atoms with Crippen LogP contribution in [0.15, 0.2) is 146 Å². The van der Waals surface area contributed by atoms with Crippen molar-refractivity contribution in [3.8, 4) is 11.1 Å². The predicted octanol–water partition coefficient (Wildman–Crippen LogP) is 23.8. The maximum absolute atomic E-state index is 4.74. The molecule has 0 atom stereocenters. The van der Waals surface area contributed by atoms with Crippen LogP contribution >= 0.6 is 0 Å². The smallest absolute Gasteiger partial charge is 0.103 e. The van der Waals surface area contributed by atoms with Gasteiger partial charge in [-0.25, -0.2) is 0 Å². The Bertz CT molecular complexity index is 5390. The second-order valence-corrected chi connectivity index (χ2v) is 38.4. The van der Waals surface area contributed by atoms with Crippen LogP contribution in [0.25, 0.3) is 98.0 Å². The molecule has 4 aliphatic carbocycles. The van der Waals surface area contributed by atoms with Crippen LogP contribution in [0.5, 0.6) is 0 Å². The topological polar surface area (TPSA) is 116 Å². The van der Waals surface area contributed by atoms with E-state index >= 15 is 0 Å². The molecule has 0 aliphatic heterocycles. The summed E-state index contributed by atoms with van der Waals surface area (Å²) < 4.78 is 0. The van der Waals surface area contributed by atoms with Gasteiger partial charge in [0, 0.05) is 70.9 Å². The number of hydrogen-bond acceptors (Lipinski definition) is 9. The summed E-state index contributed by atoms with van der Waals surface area (Å²) in [5, 5.41) is 51.5. The number of nitrogens with zero attached hydrogens (tertiary/aromatic N) is 9. The first kappa shape index (κ1) is 70.4. The maximum atomic E-state index is 4.74. The Morgan fingerprint density at radius 1 is 0.304 bits per heavy atom. The van der Waals surface area contributed by atoms with Crippen LogP contribution in [0, 0.1) is 5.92 Å². The van der Waals surface area contributed by atoms with Crippen molar-refractivity contribution < 1.29 is 0 Å². The van der Waals surface area contributed by atoms with Crippen molar-refractivity contribution in [3.05, 3.63) is 207 Å². The van der Waals surface area contributed by atoms with Gasteiger partial charge in [-0.1, -0.05) is 269 Å². The molecule has 524 valence electrons.